The molecule has 1 aliphatic rings. The summed E-state index contributed by atoms with van der Waals surface area (Å²) in [5.74, 6) is -0.115. The summed E-state index contributed by atoms with van der Waals surface area (Å²) >= 11 is 0. The van der Waals surface area contributed by atoms with Gasteiger partial charge in [-0.15, -0.1) is 0 Å². The third-order valence-electron chi connectivity index (χ3n) is 4.28. The zero-order valence-electron chi connectivity index (χ0n) is 15.4. The molecule has 2 atom stereocenters. The van der Waals surface area contributed by atoms with Gasteiger partial charge in [0.15, 0.2) is 0 Å². The van der Waals surface area contributed by atoms with Gasteiger partial charge in [-0.2, -0.15) is 0 Å². The molecule has 5 nitrogen and oxygen atoms in total. The van der Waals surface area contributed by atoms with E-state index in [1.807, 2.05) is 51.1 Å². The van der Waals surface area contributed by atoms with Gasteiger partial charge in [-0.05, 0) is 45.1 Å². The smallest absolute Gasteiger partial charge is 0.407 e. The predicted octanol–water partition coefficient (Wildman–Crippen LogP) is 4.20. The van der Waals surface area contributed by atoms with Crippen LogP contribution in [0.4, 0.5) is 4.79 Å². The lowest BCUT2D eigenvalue weighted by Crippen LogP contribution is -2.45. The lowest BCUT2D eigenvalue weighted by atomic mass is 9.82. The van der Waals surface area contributed by atoms with Crippen molar-refractivity contribution in [2.24, 2.45) is 5.92 Å². The van der Waals surface area contributed by atoms with Gasteiger partial charge in [-0.3, -0.25) is 4.79 Å². The number of carbonyl (C=O) groups is 2. The second-order valence-electron chi connectivity index (χ2n) is 7.65. The summed E-state index contributed by atoms with van der Waals surface area (Å²) in [5.41, 5.74) is 0.450. The molecule has 0 unspecified atom stereocenters. The number of ether oxygens (including phenoxy) is 2. The number of alkyl carbamates (subject to hydrolysis) is 1. The molecule has 0 radical (unpaired) electrons. The van der Waals surface area contributed by atoms with E-state index in [9.17, 15) is 9.59 Å². The standard InChI is InChI=1S/C20H29NO4/c1-20(2,3)25-19(23)21-17-12-8-7-11-16(17)13-18(22)24-14-15-9-5-4-6-10-15/h4-6,9-10,16-17H,7-8,11-14H2,1-3H3,(H,21,23)/t16-,17+/m0/s1. The molecule has 2 rings (SSSR count). The zero-order valence-corrected chi connectivity index (χ0v) is 15.4. The van der Waals surface area contributed by atoms with Crippen LogP contribution in [-0.2, 0) is 20.9 Å². The summed E-state index contributed by atoms with van der Waals surface area (Å²) in [4.78, 5) is 24.2. The highest BCUT2D eigenvalue weighted by Gasteiger charge is 2.30. The van der Waals surface area contributed by atoms with Crippen LogP contribution in [0.3, 0.4) is 0 Å². The van der Waals surface area contributed by atoms with Gasteiger partial charge in [0.2, 0.25) is 0 Å². The fourth-order valence-corrected chi connectivity index (χ4v) is 3.11. The highest BCUT2D eigenvalue weighted by atomic mass is 16.6. The van der Waals surface area contributed by atoms with Gasteiger partial charge in [-0.25, -0.2) is 4.79 Å². The first kappa shape index (κ1) is 19.3. The topological polar surface area (TPSA) is 64.6 Å². The van der Waals surface area contributed by atoms with E-state index >= 15 is 0 Å². The molecular weight excluding hydrogens is 318 g/mol. The summed E-state index contributed by atoms with van der Waals surface area (Å²) in [6, 6.07) is 9.60. The Bertz CT molecular complexity index is 565. The molecule has 1 aromatic carbocycles. The summed E-state index contributed by atoms with van der Waals surface area (Å²) in [6.45, 7) is 5.81. The molecule has 0 spiro atoms. The van der Waals surface area contributed by atoms with Crippen molar-refractivity contribution in [3.8, 4) is 0 Å². The van der Waals surface area contributed by atoms with Crippen molar-refractivity contribution in [3.05, 3.63) is 35.9 Å². The van der Waals surface area contributed by atoms with Crippen LogP contribution in [0.5, 0.6) is 0 Å². The summed E-state index contributed by atoms with van der Waals surface area (Å²) in [5, 5.41) is 2.94. The van der Waals surface area contributed by atoms with Crippen molar-refractivity contribution in [3.63, 3.8) is 0 Å². The van der Waals surface area contributed by atoms with Gasteiger partial charge in [0.25, 0.3) is 0 Å². The number of amides is 1. The molecular formula is C20H29NO4. The number of benzene rings is 1. The minimum atomic E-state index is -0.525. The van der Waals surface area contributed by atoms with E-state index in [0.29, 0.717) is 6.42 Å². The van der Waals surface area contributed by atoms with Crippen molar-refractivity contribution in [2.45, 2.75) is 71.1 Å². The van der Waals surface area contributed by atoms with E-state index in [-0.39, 0.29) is 24.5 Å². The molecule has 1 amide bonds. The monoisotopic (exact) mass is 347 g/mol. The van der Waals surface area contributed by atoms with Crippen LogP contribution < -0.4 is 5.32 Å². The molecule has 138 valence electrons. The van der Waals surface area contributed by atoms with Crippen LogP contribution in [0.15, 0.2) is 30.3 Å². The number of esters is 1. The van der Waals surface area contributed by atoms with E-state index in [0.717, 1.165) is 31.2 Å². The van der Waals surface area contributed by atoms with Gasteiger partial charge in [0.05, 0.1) is 6.42 Å². The number of hydrogen-bond donors (Lipinski definition) is 1. The van der Waals surface area contributed by atoms with E-state index in [1.54, 1.807) is 0 Å². The van der Waals surface area contributed by atoms with E-state index in [4.69, 9.17) is 9.47 Å². The number of nitrogens with one attached hydrogen (secondary N) is 1. The molecule has 0 saturated heterocycles. The van der Waals surface area contributed by atoms with E-state index in [2.05, 4.69) is 5.32 Å². The Morgan fingerprint density at radius 2 is 1.80 bits per heavy atom. The molecule has 0 aliphatic heterocycles. The molecule has 1 saturated carbocycles. The molecule has 0 heterocycles. The van der Waals surface area contributed by atoms with Crippen LogP contribution in [-0.4, -0.2) is 23.7 Å². The Hall–Kier alpha value is -2.04. The lowest BCUT2D eigenvalue weighted by molar-refractivity contribution is -0.146. The molecule has 25 heavy (non-hydrogen) atoms. The highest BCUT2D eigenvalue weighted by molar-refractivity contribution is 5.71. The zero-order chi connectivity index (χ0) is 18.3. The molecule has 5 heteroatoms. The first-order valence-corrected chi connectivity index (χ1v) is 9.02. The van der Waals surface area contributed by atoms with E-state index in [1.165, 1.54) is 0 Å². The largest absolute Gasteiger partial charge is 0.461 e. The van der Waals surface area contributed by atoms with Gasteiger partial charge < -0.3 is 14.8 Å². The van der Waals surface area contributed by atoms with Crippen LogP contribution in [0.2, 0.25) is 0 Å². The van der Waals surface area contributed by atoms with Crippen LogP contribution >= 0.6 is 0 Å². The molecule has 0 aromatic heterocycles. The van der Waals surface area contributed by atoms with E-state index < -0.39 is 11.7 Å². The molecule has 0 bridgehead atoms. The summed E-state index contributed by atoms with van der Waals surface area (Å²) in [7, 11) is 0. The highest BCUT2D eigenvalue weighted by Crippen LogP contribution is 2.28. The van der Waals surface area contributed by atoms with Crippen LogP contribution in [0.1, 0.15) is 58.4 Å². The molecule has 1 aliphatic carbocycles. The summed E-state index contributed by atoms with van der Waals surface area (Å²) < 4.78 is 10.7. The fraction of sp³-hybridized carbons (Fsp3) is 0.600. The Labute approximate surface area is 150 Å². The maximum absolute atomic E-state index is 12.2. The normalized spacial score (nSPS) is 20.6. The predicted molar refractivity (Wildman–Crippen MR) is 96.0 cm³/mol. The van der Waals surface area contributed by atoms with Gasteiger partial charge >= 0.3 is 12.1 Å². The Morgan fingerprint density at radius 3 is 2.48 bits per heavy atom. The Kier molecular flexibility index (Phi) is 6.85. The average molecular weight is 347 g/mol. The fourth-order valence-electron chi connectivity index (χ4n) is 3.11. The van der Waals surface area contributed by atoms with Crippen molar-refractivity contribution in [2.75, 3.05) is 0 Å². The average Bonchev–Trinajstić information content (AvgIpc) is 2.54. The first-order chi connectivity index (χ1) is 11.8. The molecule has 1 aromatic rings. The molecule has 1 fully saturated rings. The van der Waals surface area contributed by atoms with Crippen molar-refractivity contribution in [1.82, 2.24) is 5.32 Å². The maximum Gasteiger partial charge on any atom is 0.407 e. The SMILES string of the molecule is CC(C)(C)OC(=O)N[C@@H]1CCCC[C@H]1CC(=O)OCc1ccccc1. The van der Waals surface area contributed by atoms with Gasteiger partial charge in [-0.1, -0.05) is 43.2 Å². The molecule has 1 N–H and O–H groups in total. The Morgan fingerprint density at radius 1 is 1.12 bits per heavy atom. The lowest BCUT2D eigenvalue weighted by Gasteiger charge is -2.32. The van der Waals surface area contributed by atoms with Crippen molar-refractivity contribution < 1.29 is 19.1 Å². The maximum atomic E-state index is 12.2. The second-order valence-corrected chi connectivity index (χ2v) is 7.65. The number of hydrogen-bond acceptors (Lipinski definition) is 4. The third-order valence-corrected chi connectivity index (χ3v) is 4.28. The summed E-state index contributed by atoms with van der Waals surface area (Å²) in [6.07, 6.45) is 3.82. The first-order valence-electron chi connectivity index (χ1n) is 9.02. The van der Waals surface area contributed by atoms with Crippen LogP contribution in [0, 0.1) is 5.92 Å². The van der Waals surface area contributed by atoms with Crippen molar-refractivity contribution in [1.29, 1.82) is 0 Å². The second kappa shape index (κ2) is 8.88. The van der Waals surface area contributed by atoms with Crippen molar-refractivity contribution >= 4 is 12.1 Å². The number of carbonyl (C=O) groups excluding carboxylic acids is 2. The number of rotatable bonds is 5. The van der Waals surface area contributed by atoms with Crippen LogP contribution in [0.25, 0.3) is 0 Å². The van der Waals surface area contributed by atoms with Gasteiger partial charge in [0, 0.05) is 6.04 Å². The third kappa shape index (κ3) is 7.16. The van der Waals surface area contributed by atoms with Gasteiger partial charge in [0.1, 0.15) is 12.2 Å². The quantitative estimate of drug-likeness (QED) is 0.811. The minimum Gasteiger partial charge on any atom is -0.461 e. The Balaban J connectivity index is 1.83. The minimum absolute atomic E-state index is 0.0344.